The summed E-state index contributed by atoms with van der Waals surface area (Å²) < 4.78 is 16.1. The van der Waals surface area contributed by atoms with E-state index in [2.05, 4.69) is 101 Å². The first-order chi connectivity index (χ1) is 20.2. The molecule has 0 radical (unpaired) electrons. The van der Waals surface area contributed by atoms with Crippen molar-refractivity contribution >= 4 is 0 Å². The van der Waals surface area contributed by atoms with E-state index in [1.54, 1.807) is 14.2 Å². The Balaban J connectivity index is 1.22. The summed E-state index contributed by atoms with van der Waals surface area (Å²) in [5.41, 5.74) is 13.2. The fraction of sp³-hybridized carbons (Fsp3) is 0.270. The Kier molecular flexibility index (Phi) is 6.84. The molecule has 8 bridgehead atoms. The van der Waals surface area contributed by atoms with Crippen molar-refractivity contribution in [1.82, 2.24) is 4.57 Å². The van der Waals surface area contributed by atoms with Crippen molar-refractivity contribution in [3.8, 4) is 22.9 Å². The van der Waals surface area contributed by atoms with Gasteiger partial charge in [-0.05, 0) is 120 Å². The fourth-order valence-corrected chi connectivity index (χ4v) is 6.49. The van der Waals surface area contributed by atoms with Crippen molar-refractivity contribution < 1.29 is 14.0 Å². The SMILES string of the molecule is COc1cc2ccc1CCc1ccc(c(-n3cc[n+](-c4cc5ccc4CCc4ccc(c(OC)c4)CC5)c3)c1)CC2. The lowest BCUT2D eigenvalue weighted by Gasteiger charge is -2.15. The van der Waals surface area contributed by atoms with E-state index in [1.165, 1.54) is 55.9 Å². The van der Waals surface area contributed by atoms with Crippen molar-refractivity contribution in [3.05, 3.63) is 136 Å². The summed E-state index contributed by atoms with van der Waals surface area (Å²) >= 11 is 0. The van der Waals surface area contributed by atoms with Crippen LogP contribution in [0.25, 0.3) is 11.4 Å². The number of hydrogen-bond donors (Lipinski definition) is 0. The summed E-state index contributed by atoms with van der Waals surface area (Å²) in [5, 5.41) is 0. The Morgan fingerprint density at radius 1 is 0.537 bits per heavy atom. The van der Waals surface area contributed by atoms with Gasteiger partial charge in [-0.3, -0.25) is 0 Å². The van der Waals surface area contributed by atoms with Crippen LogP contribution in [0.5, 0.6) is 11.5 Å². The van der Waals surface area contributed by atoms with Crippen LogP contribution in [-0.4, -0.2) is 18.8 Å². The minimum Gasteiger partial charge on any atom is -0.496 e. The Labute approximate surface area is 242 Å². The highest BCUT2D eigenvalue weighted by atomic mass is 16.5. The van der Waals surface area contributed by atoms with Crippen LogP contribution in [-0.2, 0) is 51.4 Å². The molecular weight excluding hydrogens is 504 g/mol. The molecule has 0 spiro atoms. The maximum atomic E-state index is 5.72. The number of rotatable bonds is 4. The Hall–Kier alpha value is -4.31. The van der Waals surface area contributed by atoms with Gasteiger partial charge in [0.15, 0.2) is 0 Å². The van der Waals surface area contributed by atoms with E-state index in [0.29, 0.717) is 0 Å². The van der Waals surface area contributed by atoms with Crippen LogP contribution >= 0.6 is 0 Å². The first-order valence-electron chi connectivity index (χ1n) is 14.8. The third-order valence-electron chi connectivity index (χ3n) is 8.93. The second-order valence-electron chi connectivity index (χ2n) is 11.4. The van der Waals surface area contributed by atoms with Gasteiger partial charge in [0.05, 0.1) is 14.2 Å². The Morgan fingerprint density at radius 3 is 1.63 bits per heavy atom. The van der Waals surface area contributed by atoms with Gasteiger partial charge in [0, 0.05) is 0 Å². The Morgan fingerprint density at radius 2 is 1.02 bits per heavy atom. The molecule has 4 nitrogen and oxygen atoms in total. The maximum absolute atomic E-state index is 5.72. The first-order valence-corrected chi connectivity index (χ1v) is 14.8. The smallest absolute Gasteiger partial charge is 0.254 e. The second-order valence-corrected chi connectivity index (χ2v) is 11.4. The van der Waals surface area contributed by atoms with Crippen LogP contribution in [0.2, 0.25) is 0 Å². The topological polar surface area (TPSA) is 27.3 Å². The molecule has 0 unspecified atom stereocenters. The van der Waals surface area contributed by atoms with E-state index in [1.807, 2.05) is 0 Å². The third-order valence-corrected chi connectivity index (χ3v) is 8.93. The molecule has 0 aliphatic heterocycles. The van der Waals surface area contributed by atoms with Crippen molar-refractivity contribution in [3.63, 3.8) is 0 Å². The number of nitrogens with zero attached hydrogens (tertiary/aromatic N) is 2. The lowest BCUT2D eigenvalue weighted by Crippen LogP contribution is -2.30. The molecule has 0 saturated carbocycles. The molecule has 8 aliphatic rings. The zero-order valence-electron chi connectivity index (χ0n) is 24.0. The van der Waals surface area contributed by atoms with E-state index >= 15 is 0 Å². The van der Waals surface area contributed by atoms with E-state index in [0.717, 1.165) is 62.9 Å². The average molecular weight is 542 g/mol. The fourth-order valence-electron chi connectivity index (χ4n) is 6.49. The number of aromatic nitrogens is 2. The number of imidazole rings is 1. The molecule has 13 rings (SSSR count). The van der Waals surface area contributed by atoms with Gasteiger partial charge in [-0.1, -0.05) is 48.5 Å². The summed E-state index contributed by atoms with van der Waals surface area (Å²) in [6.45, 7) is 0. The van der Waals surface area contributed by atoms with Gasteiger partial charge in [0.25, 0.3) is 6.33 Å². The van der Waals surface area contributed by atoms with E-state index in [9.17, 15) is 0 Å². The molecule has 4 aromatic carbocycles. The Bertz CT molecular complexity index is 1610. The standard InChI is InChI=1S/C37H37N2O2/c1-40-36-23-28-5-13-30-11-3-26(7-15-32(36)17-9-28)21-34(30)38-19-20-39(25-38)35-22-27-4-12-31(35)14-6-29-10-18-33(16-8-27)37(24-29)41-2/h3-4,9-12,17-25H,5-8,13-16H2,1-2H3/q+1. The molecule has 0 N–H and O–H groups in total. The summed E-state index contributed by atoms with van der Waals surface area (Å²) in [6, 6.07) is 27.6. The van der Waals surface area contributed by atoms with Crippen molar-refractivity contribution in [2.24, 2.45) is 0 Å². The van der Waals surface area contributed by atoms with Gasteiger partial charge in [-0.15, -0.1) is 0 Å². The monoisotopic (exact) mass is 541 g/mol. The molecule has 4 heteroatoms. The predicted molar refractivity (Wildman–Crippen MR) is 163 cm³/mol. The highest BCUT2D eigenvalue weighted by molar-refractivity contribution is 5.47. The van der Waals surface area contributed by atoms with Crippen LogP contribution in [0.4, 0.5) is 0 Å². The zero-order valence-corrected chi connectivity index (χ0v) is 24.0. The van der Waals surface area contributed by atoms with Crippen LogP contribution in [0, 0.1) is 0 Å². The molecule has 1 aromatic heterocycles. The highest BCUT2D eigenvalue weighted by Crippen LogP contribution is 2.28. The summed E-state index contributed by atoms with van der Waals surface area (Å²) in [7, 11) is 3.57. The molecule has 0 fully saturated rings. The lowest BCUT2D eigenvalue weighted by molar-refractivity contribution is -0.595. The minimum absolute atomic E-state index is 0.971. The molecule has 41 heavy (non-hydrogen) atoms. The average Bonchev–Trinajstić information content (AvgIpc) is 3.49. The number of hydrogen-bond acceptors (Lipinski definition) is 2. The minimum atomic E-state index is 0.971. The molecule has 1 heterocycles. The lowest BCUT2D eigenvalue weighted by atomic mass is 9.95. The highest BCUT2D eigenvalue weighted by Gasteiger charge is 2.19. The van der Waals surface area contributed by atoms with E-state index < -0.39 is 0 Å². The predicted octanol–water partition coefficient (Wildman–Crippen LogP) is 6.54. The van der Waals surface area contributed by atoms with Crippen molar-refractivity contribution in [2.75, 3.05) is 14.2 Å². The van der Waals surface area contributed by atoms with Gasteiger partial charge in [0.1, 0.15) is 35.3 Å². The third kappa shape index (κ3) is 5.15. The molecule has 8 aliphatic carbocycles. The van der Waals surface area contributed by atoms with Gasteiger partial charge in [-0.2, -0.15) is 0 Å². The van der Waals surface area contributed by atoms with Gasteiger partial charge in [0.2, 0.25) is 0 Å². The number of benzene rings is 4. The largest absolute Gasteiger partial charge is 0.496 e. The van der Waals surface area contributed by atoms with E-state index in [4.69, 9.17) is 9.47 Å². The summed E-state index contributed by atoms with van der Waals surface area (Å²) in [5.74, 6) is 2.04. The molecule has 206 valence electrons. The van der Waals surface area contributed by atoms with Crippen LogP contribution in [0.3, 0.4) is 0 Å². The molecule has 5 aromatic rings. The van der Waals surface area contributed by atoms with Gasteiger partial charge in [-0.25, -0.2) is 9.13 Å². The number of methoxy groups -OCH3 is 2. The van der Waals surface area contributed by atoms with Crippen molar-refractivity contribution in [1.29, 1.82) is 0 Å². The number of aryl methyl sites for hydroxylation is 8. The maximum Gasteiger partial charge on any atom is 0.254 e. The molecule has 0 amide bonds. The summed E-state index contributed by atoms with van der Waals surface area (Å²) in [4.78, 5) is 0. The van der Waals surface area contributed by atoms with Crippen LogP contribution < -0.4 is 14.0 Å². The number of ether oxygens (including phenoxy) is 2. The van der Waals surface area contributed by atoms with Crippen LogP contribution in [0.1, 0.15) is 44.5 Å². The second kappa shape index (κ2) is 10.9. The van der Waals surface area contributed by atoms with Crippen LogP contribution in [0.15, 0.2) is 91.5 Å². The first kappa shape index (κ1) is 25.6. The molecule has 0 saturated heterocycles. The van der Waals surface area contributed by atoms with E-state index in [-0.39, 0.29) is 0 Å². The molecular formula is C37H37N2O2+. The van der Waals surface area contributed by atoms with Gasteiger partial charge >= 0.3 is 0 Å². The quantitative estimate of drug-likeness (QED) is 0.242. The van der Waals surface area contributed by atoms with Gasteiger partial charge < -0.3 is 9.47 Å². The zero-order chi connectivity index (χ0) is 27.8. The normalized spacial score (nSPS) is 14.3. The molecule has 0 atom stereocenters. The van der Waals surface area contributed by atoms with Crippen molar-refractivity contribution in [2.45, 2.75) is 51.4 Å². The summed E-state index contributed by atoms with van der Waals surface area (Å²) in [6.07, 6.45) is 14.6.